The number of alkyl halides is 1. The molecule has 0 saturated carbocycles. The van der Waals surface area contributed by atoms with E-state index in [9.17, 15) is 13.7 Å². The van der Waals surface area contributed by atoms with E-state index >= 15 is 0 Å². The Morgan fingerprint density at radius 1 is 1.56 bits per heavy atom. The summed E-state index contributed by atoms with van der Waals surface area (Å²) in [6.45, 7) is 3.90. The van der Waals surface area contributed by atoms with Gasteiger partial charge in [-0.25, -0.2) is 4.39 Å². The van der Waals surface area contributed by atoms with E-state index < -0.39 is 18.0 Å². The zero-order chi connectivity index (χ0) is 12.6. The molecule has 0 aliphatic carbocycles. The van der Waals surface area contributed by atoms with Gasteiger partial charge < -0.3 is 9.45 Å². The standard InChI is InChI=1S/C10H21FN2O2S/c1-9(2)16(15)12-7-4-5-10(14)13(3)8-6-11/h9,12H,4-8H2,1-3H3. The van der Waals surface area contributed by atoms with Gasteiger partial charge in [-0.2, -0.15) is 0 Å². The first-order chi connectivity index (χ1) is 7.49. The van der Waals surface area contributed by atoms with E-state index in [0.29, 0.717) is 19.4 Å². The van der Waals surface area contributed by atoms with Crippen LogP contribution in [0.4, 0.5) is 4.39 Å². The predicted octanol–water partition coefficient (Wildman–Crippen LogP) is 0.856. The molecule has 0 bridgehead atoms. The third-order valence-corrected chi connectivity index (χ3v) is 3.43. The molecule has 0 fully saturated rings. The Labute approximate surface area is 99.9 Å². The summed E-state index contributed by atoms with van der Waals surface area (Å²) in [6, 6.07) is 0. The molecule has 0 aliphatic rings. The number of carbonyl (C=O) groups is 1. The molecule has 0 aliphatic heterocycles. The Bertz CT molecular complexity index is 205. The van der Waals surface area contributed by atoms with Crippen molar-refractivity contribution in [3.63, 3.8) is 0 Å². The highest BCUT2D eigenvalue weighted by atomic mass is 32.2. The van der Waals surface area contributed by atoms with Gasteiger partial charge in [0.25, 0.3) is 0 Å². The van der Waals surface area contributed by atoms with Crippen molar-refractivity contribution in [2.75, 3.05) is 26.8 Å². The third-order valence-electron chi connectivity index (χ3n) is 2.09. The number of nitrogens with zero attached hydrogens (tertiary/aromatic N) is 1. The third kappa shape index (κ3) is 7.03. The second kappa shape index (κ2) is 8.78. The molecule has 0 heterocycles. The lowest BCUT2D eigenvalue weighted by Crippen LogP contribution is -2.33. The van der Waals surface area contributed by atoms with Gasteiger partial charge in [0.05, 0.1) is 0 Å². The molecule has 0 aromatic heterocycles. The fourth-order valence-corrected chi connectivity index (χ4v) is 1.70. The molecule has 0 rings (SSSR count). The molecule has 0 aromatic carbocycles. The first kappa shape index (κ1) is 15.7. The Balaban J connectivity index is 3.55. The van der Waals surface area contributed by atoms with Crippen molar-refractivity contribution >= 4 is 17.3 Å². The maximum absolute atomic E-state index is 11.9. The highest BCUT2D eigenvalue weighted by Crippen LogP contribution is 1.98. The van der Waals surface area contributed by atoms with Gasteiger partial charge in [-0.05, 0) is 20.3 Å². The van der Waals surface area contributed by atoms with Crippen molar-refractivity contribution in [1.82, 2.24) is 9.62 Å². The minimum Gasteiger partial charge on any atom is -0.598 e. The number of halogens is 1. The van der Waals surface area contributed by atoms with Gasteiger partial charge in [-0.15, -0.1) is 4.72 Å². The van der Waals surface area contributed by atoms with Crippen molar-refractivity contribution < 1.29 is 13.7 Å². The highest BCUT2D eigenvalue weighted by Gasteiger charge is 2.12. The Hall–Kier alpha value is -0.330. The summed E-state index contributed by atoms with van der Waals surface area (Å²) in [5.74, 6) is -0.0743. The van der Waals surface area contributed by atoms with Crippen molar-refractivity contribution in [1.29, 1.82) is 0 Å². The van der Waals surface area contributed by atoms with Gasteiger partial charge in [0, 0.05) is 37.9 Å². The lowest BCUT2D eigenvalue weighted by molar-refractivity contribution is -0.130. The molecule has 0 radical (unpaired) electrons. The van der Waals surface area contributed by atoms with Gasteiger partial charge >= 0.3 is 0 Å². The van der Waals surface area contributed by atoms with Crippen LogP contribution in [0.15, 0.2) is 0 Å². The first-order valence-electron chi connectivity index (χ1n) is 5.43. The van der Waals surface area contributed by atoms with Crippen LogP contribution in [-0.4, -0.2) is 47.4 Å². The summed E-state index contributed by atoms with van der Waals surface area (Å²) in [4.78, 5) is 12.7. The molecule has 6 heteroatoms. The van der Waals surface area contributed by atoms with Gasteiger partial charge in [0.2, 0.25) is 5.91 Å². The first-order valence-corrected chi connectivity index (χ1v) is 6.64. The lowest BCUT2D eigenvalue weighted by Gasteiger charge is -2.16. The molecular formula is C10H21FN2O2S. The summed E-state index contributed by atoms with van der Waals surface area (Å²) < 4.78 is 26.1. The van der Waals surface area contributed by atoms with Gasteiger partial charge in [0.15, 0.2) is 0 Å². The molecule has 4 nitrogen and oxygen atoms in total. The molecule has 0 spiro atoms. The van der Waals surface area contributed by atoms with E-state index in [1.807, 2.05) is 13.8 Å². The largest absolute Gasteiger partial charge is 0.598 e. The fraction of sp³-hybridized carbons (Fsp3) is 0.900. The fourth-order valence-electron chi connectivity index (χ4n) is 1.02. The van der Waals surface area contributed by atoms with Crippen molar-refractivity contribution in [2.45, 2.75) is 31.9 Å². The maximum Gasteiger partial charge on any atom is 0.222 e. The number of carbonyl (C=O) groups excluding carboxylic acids is 1. The average molecular weight is 252 g/mol. The summed E-state index contributed by atoms with van der Waals surface area (Å²) in [6.07, 6.45) is 0.979. The van der Waals surface area contributed by atoms with E-state index in [1.165, 1.54) is 4.90 Å². The van der Waals surface area contributed by atoms with Crippen molar-refractivity contribution in [3.8, 4) is 0 Å². The molecule has 1 atom stereocenters. The van der Waals surface area contributed by atoms with E-state index in [0.717, 1.165) is 0 Å². The van der Waals surface area contributed by atoms with Gasteiger partial charge in [0.1, 0.15) is 11.9 Å². The van der Waals surface area contributed by atoms with E-state index in [1.54, 1.807) is 7.05 Å². The predicted molar refractivity (Wildman–Crippen MR) is 64.1 cm³/mol. The minimum atomic E-state index is -1.04. The van der Waals surface area contributed by atoms with Crippen molar-refractivity contribution in [2.24, 2.45) is 0 Å². The molecule has 1 unspecified atom stereocenters. The number of nitrogens with one attached hydrogen (secondary N) is 1. The van der Waals surface area contributed by atoms with Crippen LogP contribution in [0.3, 0.4) is 0 Å². The van der Waals surface area contributed by atoms with Crippen LogP contribution in [0, 0.1) is 0 Å². The van der Waals surface area contributed by atoms with E-state index in [-0.39, 0.29) is 17.7 Å². The van der Waals surface area contributed by atoms with Gasteiger partial charge in [-0.3, -0.25) is 4.79 Å². The zero-order valence-electron chi connectivity index (χ0n) is 10.2. The topological polar surface area (TPSA) is 55.4 Å². The number of hydrogen-bond donors (Lipinski definition) is 1. The SMILES string of the molecule is CC(C)[S+]([O-])NCCCC(=O)N(C)CCF. The Kier molecular flexibility index (Phi) is 8.60. The molecule has 1 N–H and O–H groups in total. The number of amides is 1. The molecular weight excluding hydrogens is 231 g/mol. The Morgan fingerprint density at radius 2 is 2.19 bits per heavy atom. The molecule has 16 heavy (non-hydrogen) atoms. The number of hydrogen-bond acceptors (Lipinski definition) is 3. The summed E-state index contributed by atoms with van der Waals surface area (Å²) >= 11 is -1.04. The monoisotopic (exact) mass is 252 g/mol. The smallest absolute Gasteiger partial charge is 0.222 e. The summed E-state index contributed by atoms with van der Waals surface area (Å²) in [5, 5.41) is 0.0740. The molecule has 0 aromatic rings. The summed E-state index contributed by atoms with van der Waals surface area (Å²) in [5.41, 5.74) is 0. The van der Waals surface area contributed by atoms with Crippen LogP contribution in [0.1, 0.15) is 26.7 Å². The summed E-state index contributed by atoms with van der Waals surface area (Å²) in [7, 11) is 1.58. The Morgan fingerprint density at radius 3 is 2.69 bits per heavy atom. The van der Waals surface area contributed by atoms with Crippen LogP contribution < -0.4 is 4.72 Å². The van der Waals surface area contributed by atoms with Crippen LogP contribution in [0.25, 0.3) is 0 Å². The minimum absolute atomic E-state index is 0.0740. The normalized spacial score (nSPS) is 12.9. The van der Waals surface area contributed by atoms with E-state index in [4.69, 9.17) is 0 Å². The second-order valence-electron chi connectivity index (χ2n) is 3.85. The van der Waals surface area contributed by atoms with Crippen LogP contribution in [0.2, 0.25) is 0 Å². The quantitative estimate of drug-likeness (QED) is 0.515. The van der Waals surface area contributed by atoms with E-state index in [2.05, 4.69) is 4.72 Å². The maximum atomic E-state index is 11.9. The zero-order valence-corrected chi connectivity index (χ0v) is 11.0. The molecule has 1 amide bonds. The van der Waals surface area contributed by atoms with Crippen LogP contribution >= 0.6 is 0 Å². The van der Waals surface area contributed by atoms with Crippen LogP contribution in [0.5, 0.6) is 0 Å². The van der Waals surface area contributed by atoms with Crippen molar-refractivity contribution in [3.05, 3.63) is 0 Å². The molecule has 96 valence electrons. The highest BCUT2D eigenvalue weighted by molar-refractivity contribution is 7.90. The molecule has 0 saturated heterocycles. The average Bonchev–Trinajstić information content (AvgIpc) is 2.23. The van der Waals surface area contributed by atoms with Gasteiger partial charge in [-0.1, -0.05) is 0 Å². The lowest BCUT2D eigenvalue weighted by atomic mass is 10.3. The number of rotatable bonds is 8. The van der Waals surface area contributed by atoms with Crippen LogP contribution in [-0.2, 0) is 16.2 Å². The second-order valence-corrected chi connectivity index (χ2v) is 5.67.